The van der Waals surface area contributed by atoms with Gasteiger partial charge in [0, 0.05) is 19.1 Å². The van der Waals surface area contributed by atoms with Gasteiger partial charge in [-0.3, -0.25) is 4.90 Å². The Kier molecular flexibility index (Phi) is 5.36. The van der Waals surface area contributed by atoms with Gasteiger partial charge < -0.3 is 15.5 Å². The van der Waals surface area contributed by atoms with Gasteiger partial charge in [-0.15, -0.1) is 0 Å². The van der Waals surface area contributed by atoms with Crippen LogP contribution >= 0.6 is 0 Å². The standard InChI is InChI=1S/C12H24N2O3/c1-3-14(9-12(2,17)11(15)16)8-10-6-4-5-7-13-10/h10,13,17H,3-9H2,1-2H3,(H,15,16). The molecule has 1 aliphatic rings. The number of hydrogen-bond acceptors (Lipinski definition) is 4. The number of carboxylic acid groups (broad SMARTS) is 1. The number of nitrogens with one attached hydrogen (secondary N) is 1. The number of aliphatic carboxylic acids is 1. The van der Waals surface area contributed by atoms with Gasteiger partial charge in [0.05, 0.1) is 0 Å². The molecule has 1 heterocycles. The number of nitrogens with zero attached hydrogens (tertiary/aromatic N) is 1. The number of carboxylic acids is 1. The van der Waals surface area contributed by atoms with Gasteiger partial charge in [0.1, 0.15) is 0 Å². The van der Waals surface area contributed by atoms with Crippen molar-refractivity contribution in [3.8, 4) is 0 Å². The number of carbonyl (C=O) groups is 1. The molecule has 5 nitrogen and oxygen atoms in total. The molecule has 5 heteroatoms. The monoisotopic (exact) mass is 244 g/mol. The molecule has 2 unspecified atom stereocenters. The first-order valence-electron chi connectivity index (χ1n) is 6.37. The van der Waals surface area contributed by atoms with Crippen LogP contribution < -0.4 is 5.32 Å². The van der Waals surface area contributed by atoms with Gasteiger partial charge in [-0.1, -0.05) is 13.3 Å². The Balaban J connectivity index is 2.44. The molecular weight excluding hydrogens is 220 g/mol. The Labute approximate surface area is 103 Å². The fourth-order valence-corrected chi connectivity index (χ4v) is 2.20. The summed E-state index contributed by atoms with van der Waals surface area (Å²) in [4.78, 5) is 12.9. The van der Waals surface area contributed by atoms with Crippen molar-refractivity contribution in [2.24, 2.45) is 0 Å². The Morgan fingerprint density at radius 3 is 2.71 bits per heavy atom. The van der Waals surface area contributed by atoms with Crippen molar-refractivity contribution in [2.75, 3.05) is 26.2 Å². The first kappa shape index (κ1) is 14.4. The summed E-state index contributed by atoms with van der Waals surface area (Å²) in [6, 6.07) is 0.424. The molecular formula is C12H24N2O3. The summed E-state index contributed by atoms with van der Waals surface area (Å²) >= 11 is 0. The third-order valence-electron chi connectivity index (χ3n) is 3.33. The number of likely N-dealkylation sites (N-methyl/N-ethyl adjacent to an activating group) is 1. The minimum atomic E-state index is -1.66. The highest BCUT2D eigenvalue weighted by molar-refractivity contribution is 5.76. The summed E-state index contributed by atoms with van der Waals surface area (Å²) in [7, 11) is 0. The summed E-state index contributed by atoms with van der Waals surface area (Å²) < 4.78 is 0. The molecule has 0 amide bonds. The second-order valence-corrected chi connectivity index (χ2v) is 5.05. The molecule has 1 fully saturated rings. The van der Waals surface area contributed by atoms with E-state index in [0.29, 0.717) is 6.04 Å². The lowest BCUT2D eigenvalue weighted by Crippen LogP contribution is -2.51. The highest BCUT2D eigenvalue weighted by Gasteiger charge is 2.32. The number of aliphatic hydroxyl groups is 1. The third kappa shape index (κ3) is 4.61. The number of rotatable bonds is 6. The molecule has 3 N–H and O–H groups in total. The average Bonchev–Trinajstić information content (AvgIpc) is 2.29. The van der Waals surface area contributed by atoms with E-state index in [2.05, 4.69) is 5.32 Å². The van der Waals surface area contributed by atoms with Crippen molar-refractivity contribution in [3.05, 3.63) is 0 Å². The van der Waals surface area contributed by atoms with E-state index in [9.17, 15) is 9.90 Å². The molecule has 2 atom stereocenters. The zero-order chi connectivity index (χ0) is 12.9. The van der Waals surface area contributed by atoms with Crippen LogP contribution in [0.15, 0.2) is 0 Å². The predicted octanol–water partition coefficient (Wildman–Crippen LogP) is 0.286. The lowest BCUT2D eigenvalue weighted by Gasteiger charge is -2.32. The van der Waals surface area contributed by atoms with Gasteiger partial charge in [0.2, 0.25) is 0 Å². The summed E-state index contributed by atoms with van der Waals surface area (Å²) in [5.74, 6) is -1.16. The predicted molar refractivity (Wildman–Crippen MR) is 66.0 cm³/mol. The number of hydrogen-bond donors (Lipinski definition) is 3. The highest BCUT2D eigenvalue weighted by Crippen LogP contribution is 2.11. The van der Waals surface area contributed by atoms with Gasteiger partial charge in [-0.05, 0) is 32.9 Å². The average molecular weight is 244 g/mol. The van der Waals surface area contributed by atoms with E-state index in [-0.39, 0.29) is 6.54 Å². The van der Waals surface area contributed by atoms with Crippen LogP contribution in [-0.4, -0.2) is 58.9 Å². The Morgan fingerprint density at radius 1 is 1.53 bits per heavy atom. The lowest BCUT2D eigenvalue weighted by atomic mass is 10.0. The van der Waals surface area contributed by atoms with Crippen molar-refractivity contribution < 1.29 is 15.0 Å². The first-order chi connectivity index (χ1) is 7.95. The maximum Gasteiger partial charge on any atom is 0.336 e. The summed E-state index contributed by atoms with van der Waals surface area (Å²) in [6.45, 7) is 6.11. The molecule has 0 aromatic carbocycles. The van der Waals surface area contributed by atoms with Crippen LogP contribution in [0, 0.1) is 0 Å². The zero-order valence-electron chi connectivity index (χ0n) is 10.8. The molecule has 1 aliphatic heterocycles. The second-order valence-electron chi connectivity index (χ2n) is 5.05. The Bertz CT molecular complexity index is 250. The molecule has 0 aromatic rings. The van der Waals surface area contributed by atoms with Crippen molar-refractivity contribution in [1.82, 2.24) is 10.2 Å². The van der Waals surface area contributed by atoms with Crippen LogP contribution in [0.25, 0.3) is 0 Å². The van der Waals surface area contributed by atoms with Gasteiger partial charge in [0.25, 0.3) is 0 Å². The largest absolute Gasteiger partial charge is 0.479 e. The minimum absolute atomic E-state index is 0.178. The molecule has 100 valence electrons. The Hall–Kier alpha value is -0.650. The molecule has 17 heavy (non-hydrogen) atoms. The molecule has 1 saturated heterocycles. The molecule has 0 bridgehead atoms. The van der Waals surface area contributed by atoms with Gasteiger partial charge in [-0.2, -0.15) is 0 Å². The van der Waals surface area contributed by atoms with E-state index in [0.717, 1.165) is 26.1 Å². The third-order valence-corrected chi connectivity index (χ3v) is 3.33. The lowest BCUT2D eigenvalue weighted by molar-refractivity contribution is -0.158. The topological polar surface area (TPSA) is 72.8 Å². The molecule has 0 saturated carbocycles. The van der Waals surface area contributed by atoms with Crippen molar-refractivity contribution in [3.63, 3.8) is 0 Å². The van der Waals surface area contributed by atoms with Crippen molar-refractivity contribution >= 4 is 5.97 Å². The van der Waals surface area contributed by atoms with Crippen molar-refractivity contribution in [2.45, 2.75) is 44.8 Å². The normalized spacial score (nSPS) is 24.6. The smallest absolute Gasteiger partial charge is 0.336 e. The van der Waals surface area contributed by atoms with E-state index >= 15 is 0 Å². The van der Waals surface area contributed by atoms with Gasteiger partial charge in [-0.25, -0.2) is 4.79 Å². The minimum Gasteiger partial charge on any atom is -0.479 e. The Morgan fingerprint density at radius 2 is 2.24 bits per heavy atom. The van der Waals surface area contributed by atoms with E-state index < -0.39 is 11.6 Å². The molecule has 0 aliphatic carbocycles. The molecule has 0 radical (unpaired) electrons. The SMILES string of the molecule is CCN(CC1CCCCN1)CC(C)(O)C(=O)O. The number of piperidine rings is 1. The van der Waals surface area contributed by atoms with Crippen molar-refractivity contribution in [1.29, 1.82) is 0 Å². The summed E-state index contributed by atoms with van der Waals surface area (Å²) in [5.41, 5.74) is -1.66. The van der Waals surface area contributed by atoms with Crippen LogP contribution in [0.1, 0.15) is 33.1 Å². The molecule has 0 spiro atoms. The van der Waals surface area contributed by atoms with Crippen LogP contribution in [0.2, 0.25) is 0 Å². The maximum absolute atomic E-state index is 10.9. The quantitative estimate of drug-likeness (QED) is 0.626. The van der Waals surface area contributed by atoms with Gasteiger partial charge in [0.15, 0.2) is 5.60 Å². The molecule has 1 rings (SSSR count). The second kappa shape index (κ2) is 6.33. The zero-order valence-corrected chi connectivity index (χ0v) is 10.8. The summed E-state index contributed by atoms with van der Waals surface area (Å²) in [6.07, 6.45) is 3.58. The fourth-order valence-electron chi connectivity index (χ4n) is 2.20. The van der Waals surface area contributed by atoms with E-state index in [1.54, 1.807) is 0 Å². The maximum atomic E-state index is 10.9. The summed E-state index contributed by atoms with van der Waals surface area (Å²) in [5, 5.41) is 22.1. The molecule has 0 aromatic heterocycles. The van der Waals surface area contributed by atoms with Crippen LogP contribution in [0.5, 0.6) is 0 Å². The first-order valence-corrected chi connectivity index (χ1v) is 6.37. The fraction of sp³-hybridized carbons (Fsp3) is 0.917. The highest BCUT2D eigenvalue weighted by atomic mass is 16.4. The van der Waals surface area contributed by atoms with E-state index in [1.165, 1.54) is 19.8 Å². The van der Waals surface area contributed by atoms with Gasteiger partial charge >= 0.3 is 5.97 Å². The van der Waals surface area contributed by atoms with Crippen LogP contribution in [-0.2, 0) is 4.79 Å². The van der Waals surface area contributed by atoms with E-state index in [1.807, 2.05) is 11.8 Å². The van der Waals surface area contributed by atoms with E-state index in [4.69, 9.17) is 5.11 Å². The van der Waals surface area contributed by atoms with Crippen LogP contribution in [0.3, 0.4) is 0 Å². The van der Waals surface area contributed by atoms with Crippen LogP contribution in [0.4, 0.5) is 0 Å².